The summed E-state index contributed by atoms with van der Waals surface area (Å²) in [6.45, 7) is 10.6. The van der Waals surface area contributed by atoms with Crippen LogP contribution in [0.4, 0.5) is 0 Å². The van der Waals surface area contributed by atoms with E-state index >= 15 is 0 Å². The second kappa shape index (κ2) is 2.14. The number of hydrogen-bond acceptors (Lipinski definition) is 1. The number of nitrogens with one attached hydrogen (secondary N) is 1. The molecule has 0 spiro atoms. The molecule has 1 atom stereocenters. The maximum absolute atomic E-state index is 3.97. The Morgan fingerprint density at radius 1 is 1.67 bits per heavy atom. The van der Waals surface area contributed by atoms with Gasteiger partial charge in [-0.2, -0.15) is 0 Å². The van der Waals surface area contributed by atoms with E-state index in [0.717, 1.165) is 13.1 Å². The van der Waals surface area contributed by atoms with Gasteiger partial charge in [0.2, 0.25) is 0 Å². The van der Waals surface area contributed by atoms with Gasteiger partial charge in [-0.05, 0) is 19.9 Å². The Kier molecular flexibility index (Phi) is 1.62. The first-order valence-electron chi connectivity index (χ1n) is 3.52. The van der Waals surface area contributed by atoms with Crippen LogP contribution in [0.1, 0.15) is 20.3 Å². The molecule has 0 aromatic rings. The molecule has 0 unspecified atom stereocenters. The number of rotatable bonds is 1. The van der Waals surface area contributed by atoms with E-state index in [0.29, 0.717) is 5.41 Å². The average Bonchev–Trinajstić information content (AvgIpc) is 2.16. The fraction of sp³-hybridized carbons (Fsp3) is 0.750. The normalized spacial score (nSPS) is 34.9. The Morgan fingerprint density at radius 3 is 2.56 bits per heavy atom. The van der Waals surface area contributed by atoms with Crippen molar-refractivity contribution < 1.29 is 0 Å². The van der Waals surface area contributed by atoms with Crippen molar-refractivity contribution in [2.75, 3.05) is 13.1 Å². The summed E-state index contributed by atoms with van der Waals surface area (Å²) in [7, 11) is 0. The van der Waals surface area contributed by atoms with Crippen molar-refractivity contribution in [1.82, 2.24) is 5.32 Å². The van der Waals surface area contributed by atoms with Crippen molar-refractivity contribution >= 4 is 0 Å². The van der Waals surface area contributed by atoms with Crippen molar-refractivity contribution in [3.63, 3.8) is 0 Å². The van der Waals surface area contributed by atoms with Crippen LogP contribution in [-0.4, -0.2) is 13.1 Å². The van der Waals surface area contributed by atoms with Gasteiger partial charge in [-0.15, -0.1) is 0 Å². The second-order valence-electron chi connectivity index (χ2n) is 3.27. The zero-order valence-corrected chi connectivity index (χ0v) is 6.33. The zero-order valence-electron chi connectivity index (χ0n) is 6.33. The van der Waals surface area contributed by atoms with E-state index in [1.165, 1.54) is 12.0 Å². The largest absolute Gasteiger partial charge is 0.316 e. The lowest BCUT2D eigenvalue weighted by Gasteiger charge is -2.22. The van der Waals surface area contributed by atoms with E-state index < -0.39 is 0 Å². The van der Waals surface area contributed by atoms with Crippen LogP contribution < -0.4 is 5.32 Å². The molecule has 1 heteroatoms. The van der Waals surface area contributed by atoms with Crippen LogP contribution in [0.5, 0.6) is 0 Å². The molecule has 0 radical (unpaired) electrons. The van der Waals surface area contributed by atoms with Gasteiger partial charge >= 0.3 is 0 Å². The van der Waals surface area contributed by atoms with Crippen LogP contribution in [0.15, 0.2) is 12.2 Å². The summed E-state index contributed by atoms with van der Waals surface area (Å²) in [6.07, 6.45) is 1.25. The third kappa shape index (κ3) is 1.16. The smallest absolute Gasteiger partial charge is 0.00428 e. The Bertz CT molecular complexity index is 121. The standard InChI is InChI=1S/C8H15N/c1-7(2)8(3)4-5-9-6-8/h9H,1,4-6H2,2-3H3/t8-/m1/s1. The highest BCUT2D eigenvalue weighted by atomic mass is 14.9. The van der Waals surface area contributed by atoms with Gasteiger partial charge in [0.15, 0.2) is 0 Å². The van der Waals surface area contributed by atoms with Gasteiger partial charge in [0, 0.05) is 12.0 Å². The van der Waals surface area contributed by atoms with Gasteiger partial charge in [0.1, 0.15) is 0 Å². The molecule has 9 heavy (non-hydrogen) atoms. The molecule has 1 heterocycles. The first-order valence-corrected chi connectivity index (χ1v) is 3.52. The maximum Gasteiger partial charge on any atom is 0.00428 e. The lowest BCUT2D eigenvalue weighted by molar-refractivity contribution is 0.447. The van der Waals surface area contributed by atoms with Crippen LogP contribution in [0.3, 0.4) is 0 Å². The van der Waals surface area contributed by atoms with Crippen molar-refractivity contribution in [1.29, 1.82) is 0 Å². The summed E-state index contributed by atoms with van der Waals surface area (Å²) >= 11 is 0. The third-order valence-corrected chi connectivity index (χ3v) is 2.40. The molecular weight excluding hydrogens is 110 g/mol. The average molecular weight is 125 g/mol. The highest BCUT2D eigenvalue weighted by Crippen LogP contribution is 2.31. The van der Waals surface area contributed by atoms with E-state index in [9.17, 15) is 0 Å². The summed E-state index contributed by atoms with van der Waals surface area (Å²) < 4.78 is 0. The fourth-order valence-corrected chi connectivity index (χ4v) is 1.18. The molecule has 0 saturated carbocycles. The van der Waals surface area contributed by atoms with Crippen molar-refractivity contribution in [3.05, 3.63) is 12.2 Å². The maximum atomic E-state index is 3.97. The molecule has 0 amide bonds. The SMILES string of the molecule is C=C(C)[C@]1(C)CCNC1. The molecule has 52 valence electrons. The predicted octanol–water partition coefficient (Wildman–Crippen LogP) is 1.56. The van der Waals surface area contributed by atoms with Gasteiger partial charge < -0.3 is 5.32 Å². The third-order valence-electron chi connectivity index (χ3n) is 2.40. The highest BCUT2D eigenvalue weighted by Gasteiger charge is 2.28. The molecule has 1 fully saturated rings. The van der Waals surface area contributed by atoms with Gasteiger partial charge in [-0.1, -0.05) is 19.1 Å². The van der Waals surface area contributed by atoms with Crippen LogP contribution in [-0.2, 0) is 0 Å². The molecule has 1 rings (SSSR count). The summed E-state index contributed by atoms with van der Waals surface area (Å²) in [5, 5.41) is 3.33. The van der Waals surface area contributed by atoms with Gasteiger partial charge in [0.25, 0.3) is 0 Å². The monoisotopic (exact) mass is 125 g/mol. The molecule has 1 nitrogen and oxygen atoms in total. The van der Waals surface area contributed by atoms with Gasteiger partial charge in [-0.25, -0.2) is 0 Å². The van der Waals surface area contributed by atoms with E-state index in [-0.39, 0.29) is 0 Å². The second-order valence-corrected chi connectivity index (χ2v) is 3.27. The summed E-state index contributed by atoms with van der Waals surface area (Å²) in [6, 6.07) is 0. The minimum absolute atomic E-state index is 0.389. The van der Waals surface area contributed by atoms with Crippen LogP contribution in [0.25, 0.3) is 0 Å². The molecule has 1 aliphatic heterocycles. The molecule has 1 N–H and O–H groups in total. The quantitative estimate of drug-likeness (QED) is 0.524. The first-order chi connectivity index (χ1) is 4.15. The van der Waals surface area contributed by atoms with E-state index in [1.807, 2.05) is 0 Å². The zero-order chi connectivity index (χ0) is 6.91. The van der Waals surface area contributed by atoms with Crippen LogP contribution in [0.2, 0.25) is 0 Å². The van der Waals surface area contributed by atoms with E-state index in [1.54, 1.807) is 0 Å². The molecule has 0 aromatic heterocycles. The Balaban J connectivity index is 2.61. The first kappa shape index (κ1) is 6.81. The molecule has 0 bridgehead atoms. The Labute approximate surface area is 57.1 Å². The summed E-state index contributed by atoms with van der Waals surface area (Å²) in [5.74, 6) is 0. The number of hydrogen-bond donors (Lipinski definition) is 1. The molecule has 1 aliphatic rings. The highest BCUT2D eigenvalue weighted by molar-refractivity contribution is 5.08. The van der Waals surface area contributed by atoms with E-state index in [4.69, 9.17) is 0 Å². The van der Waals surface area contributed by atoms with Crippen LogP contribution in [0, 0.1) is 5.41 Å². The predicted molar refractivity (Wildman–Crippen MR) is 40.4 cm³/mol. The van der Waals surface area contributed by atoms with Crippen LogP contribution >= 0.6 is 0 Å². The Hall–Kier alpha value is -0.300. The Morgan fingerprint density at radius 2 is 2.33 bits per heavy atom. The van der Waals surface area contributed by atoms with Crippen molar-refractivity contribution in [3.8, 4) is 0 Å². The molecular formula is C8H15N. The van der Waals surface area contributed by atoms with Gasteiger partial charge in [-0.3, -0.25) is 0 Å². The minimum atomic E-state index is 0.389. The lowest BCUT2D eigenvalue weighted by Crippen LogP contribution is -2.20. The molecule has 0 aromatic carbocycles. The molecule has 1 saturated heterocycles. The van der Waals surface area contributed by atoms with Gasteiger partial charge in [0.05, 0.1) is 0 Å². The summed E-state index contributed by atoms with van der Waals surface area (Å²) in [5.41, 5.74) is 1.70. The topological polar surface area (TPSA) is 12.0 Å². The minimum Gasteiger partial charge on any atom is -0.316 e. The van der Waals surface area contributed by atoms with E-state index in [2.05, 4.69) is 25.7 Å². The fourth-order valence-electron chi connectivity index (χ4n) is 1.18. The summed E-state index contributed by atoms with van der Waals surface area (Å²) in [4.78, 5) is 0. The van der Waals surface area contributed by atoms with Crippen molar-refractivity contribution in [2.24, 2.45) is 5.41 Å². The lowest BCUT2D eigenvalue weighted by atomic mass is 9.83. The van der Waals surface area contributed by atoms with Crippen molar-refractivity contribution in [2.45, 2.75) is 20.3 Å². The molecule has 0 aliphatic carbocycles.